The van der Waals surface area contributed by atoms with Crippen LogP contribution >= 0.6 is 15.9 Å². The number of hydrogen-bond acceptors (Lipinski definition) is 3. The highest BCUT2D eigenvalue weighted by molar-refractivity contribution is 9.10. The largest absolute Gasteiger partial charge is 0.492 e. The molecular weight excluding hydrogens is 282 g/mol. The Kier molecular flexibility index (Phi) is 2.52. The van der Waals surface area contributed by atoms with Crippen LogP contribution in [0.25, 0.3) is 5.52 Å². The van der Waals surface area contributed by atoms with E-state index in [4.69, 9.17) is 10.00 Å². The zero-order valence-electron chi connectivity index (χ0n) is 9.06. The van der Waals surface area contributed by atoms with E-state index < -0.39 is 0 Å². The Balaban J connectivity index is 1.96. The SMILES string of the molecule is N#Cc1cnn2cc(OCC3CC3)cc(Br)c12. The van der Waals surface area contributed by atoms with E-state index in [-0.39, 0.29) is 0 Å². The molecule has 1 saturated carbocycles. The van der Waals surface area contributed by atoms with Gasteiger partial charge in [-0.05, 0) is 40.8 Å². The number of aromatic nitrogens is 2. The molecule has 1 aliphatic carbocycles. The Labute approximate surface area is 107 Å². The van der Waals surface area contributed by atoms with Gasteiger partial charge in [0.05, 0.1) is 30.1 Å². The third-order valence-corrected chi connectivity index (χ3v) is 3.45. The smallest absolute Gasteiger partial charge is 0.138 e. The molecule has 0 bridgehead atoms. The summed E-state index contributed by atoms with van der Waals surface area (Å²) in [6.07, 6.45) is 5.90. The maximum absolute atomic E-state index is 8.95. The molecular formula is C12H10BrN3O. The van der Waals surface area contributed by atoms with E-state index in [0.717, 1.165) is 28.3 Å². The zero-order chi connectivity index (χ0) is 11.8. The summed E-state index contributed by atoms with van der Waals surface area (Å²) < 4.78 is 8.19. The molecule has 3 rings (SSSR count). The fourth-order valence-corrected chi connectivity index (χ4v) is 2.33. The molecule has 1 aliphatic rings. The predicted octanol–water partition coefficient (Wildman–Crippen LogP) is 2.76. The Hall–Kier alpha value is -1.54. The van der Waals surface area contributed by atoms with Crippen molar-refractivity contribution in [1.29, 1.82) is 5.26 Å². The molecule has 0 atom stereocenters. The number of rotatable bonds is 3. The van der Waals surface area contributed by atoms with Gasteiger partial charge in [-0.2, -0.15) is 10.4 Å². The summed E-state index contributed by atoms with van der Waals surface area (Å²) in [6.45, 7) is 0.768. The van der Waals surface area contributed by atoms with Gasteiger partial charge in [0.25, 0.3) is 0 Å². The van der Waals surface area contributed by atoms with Gasteiger partial charge in [-0.1, -0.05) is 0 Å². The van der Waals surface area contributed by atoms with E-state index in [2.05, 4.69) is 27.1 Å². The van der Waals surface area contributed by atoms with Gasteiger partial charge < -0.3 is 4.74 Å². The first-order chi connectivity index (χ1) is 8.28. The van der Waals surface area contributed by atoms with Gasteiger partial charge >= 0.3 is 0 Å². The molecule has 0 unspecified atom stereocenters. The second-order valence-electron chi connectivity index (χ2n) is 4.24. The quantitative estimate of drug-likeness (QED) is 0.874. The molecule has 4 nitrogen and oxygen atoms in total. The van der Waals surface area contributed by atoms with E-state index in [1.54, 1.807) is 10.7 Å². The lowest BCUT2D eigenvalue weighted by Crippen LogP contribution is -2.00. The standard InChI is InChI=1S/C12H10BrN3O/c13-11-3-10(17-7-8-1-2-8)6-16-12(11)9(4-14)5-15-16/h3,5-6,8H,1-2,7H2. The normalized spacial score (nSPS) is 14.8. The number of ether oxygens (including phenoxy) is 1. The third kappa shape index (κ3) is 2.01. The first-order valence-corrected chi connectivity index (χ1v) is 6.27. The molecule has 0 N–H and O–H groups in total. The second kappa shape index (κ2) is 4.04. The summed E-state index contributed by atoms with van der Waals surface area (Å²) in [5.41, 5.74) is 1.34. The highest BCUT2D eigenvalue weighted by Gasteiger charge is 2.22. The Morgan fingerprint density at radius 2 is 2.41 bits per heavy atom. The molecule has 2 heterocycles. The van der Waals surface area contributed by atoms with Crippen LogP contribution in [0.15, 0.2) is 22.9 Å². The van der Waals surface area contributed by atoms with Crippen molar-refractivity contribution in [3.8, 4) is 11.8 Å². The van der Waals surface area contributed by atoms with Crippen LogP contribution in [0.3, 0.4) is 0 Å². The Bertz CT molecular complexity index is 610. The molecule has 0 radical (unpaired) electrons. The van der Waals surface area contributed by atoms with Crippen molar-refractivity contribution in [3.63, 3.8) is 0 Å². The maximum atomic E-state index is 8.95. The zero-order valence-corrected chi connectivity index (χ0v) is 10.6. The number of nitriles is 1. The monoisotopic (exact) mass is 291 g/mol. The van der Waals surface area contributed by atoms with Crippen LogP contribution in [0.5, 0.6) is 5.75 Å². The predicted molar refractivity (Wildman–Crippen MR) is 65.8 cm³/mol. The highest BCUT2D eigenvalue weighted by atomic mass is 79.9. The summed E-state index contributed by atoms with van der Waals surface area (Å²) in [7, 11) is 0. The van der Waals surface area contributed by atoms with Crippen LogP contribution < -0.4 is 4.74 Å². The Morgan fingerprint density at radius 3 is 3.12 bits per heavy atom. The van der Waals surface area contributed by atoms with Crippen LogP contribution in [-0.2, 0) is 0 Å². The van der Waals surface area contributed by atoms with Crippen LogP contribution in [0.4, 0.5) is 0 Å². The molecule has 2 aromatic rings. The van der Waals surface area contributed by atoms with Crippen molar-refractivity contribution in [3.05, 3.63) is 28.5 Å². The minimum Gasteiger partial charge on any atom is -0.492 e. The topological polar surface area (TPSA) is 50.3 Å². The summed E-state index contributed by atoms with van der Waals surface area (Å²) in [4.78, 5) is 0. The summed E-state index contributed by atoms with van der Waals surface area (Å²) >= 11 is 3.45. The molecule has 2 aromatic heterocycles. The summed E-state index contributed by atoms with van der Waals surface area (Å²) in [6, 6.07) is 4.01. The van der Waals surface area contributed by atoms with E-state index in [0.29, 0.717) is 5.56 Å². The molecule has 0 aliphatic heterocycles. The van der Waals surface area contributed by atoms with Crippen LogP contribution in [0.1, 0.15) is 18.4 Å². The number of fused-ring (bicyclic) bond motifs is 1. The number of halogens is 1. The van der Waals surface area contributed by atoms with Gasteiger partial charge in [-0.15, -0.1) is 0 Å². The third-order valence-electron chi connectivity index (χ3n) is 2.84. The number of pyridine rings is 1. The summed E-state index contributed by atoms with van der Waals surface area (Å²) in [5, 5.41) is 13.1. The van der Waals surface area contributed by atoms with Crippen molar-refractivity contribution < 1.29 is 4.74 Å². The number of nitrogens with zero attached hydrogens (tertiary/aromatic N) is 3. The van der Waals surface area contributed by atoms with Crippen LogP contribution in [0.2, 0.25) is 0 Å². The van der Waals surface area contributed by atoms with Crippen molar-refractivity contribution in [2.45, 2.75) is 12.8 Å². The van der Waals surface area contributed by atoms with Crippen molar-refractivity contribution >= 4 is 21.4 Å². The fourth-order valence-electron chi connectivity index (χ4n) is 1.71. The second-order valence-corrected chi connectivity index (χ2v) is 5.10. The molecule has 17 heavy (non-hydrogen) atoms. The molecule has 1 fully saturated rings. The lowest BCUT2D eigenvalue weighted by atomic mass is 10.3. The van der Waals surface area contributed by atoms with E-state index in [1.807, 2.05) is 12.3 Å². The van der Waals surface area contributed by atoms with Crippen LogP contribution in [-0.4, -0.2) is 16.2 Å². The van der Waals surface area contributed by atoms with Gasteiger partial charge in [0.1, 0.15) is 11.8 Å². The molecule has 86 valence electrons. The van der Waals surface area contributed by atoms with E-state index in [1.165, 1.54) is 12.8 Å². The van der Waals surface area contributed by atoms with E-state index in [9.17, 15) is 0 Å². The Morgan fingerprint density at radius 1 is 1.59 bits per heavy atom. The average Bonchev–Trinajstić information content (AvgIpc) is 3.05. The van der Waals surface area contributed by atoms with Crippen molar-refractivity contribution in [2.75, 3.05) is 6.61 Å². The molecule has 5 heteroatoms. The maximum Gasteiger partial charge on any atom is 0.138 e. The van der Waals surface area contributed by atoms with E-state index >= 15 is 0 Å². The molecule has 0 spiro atoms. The fraction of sp³-hybridized carbons (Fsp3) is 0.333. The van der Waals surface area contributed by atoms with Gasteiger partial charge in [0, 0.05) is 4.47 Å². The van der Waals surface area contributed by atoms with Crippen molar-refractivity contribution in [1.82, 2.24) is 9.61 Å². The molecule has 0 aromatic carbocycles. The van der Waals surface area contributed by atoms with Crippen LogP contribution in [0, 0.1) is 17.2 Å². The minimum atomic E-state index is 0.561. The first-order valence-electron chi connectivity index (χ1n) is 5.47. The average molecular weight is 292 g/mol. The first kappa shape index (κ1) is 10.6. The highest BCUT2D eigenvalue weighted by Crippen LogP contribution is 2.31. The molecule has 0 saturated heterocycles. The van der Waals surface area contributed by atoms with Gasteiger partial charge in [-0.3, -0.25) is 0 Å². The summed E-state index contributed by atoms with van der Waals surface area (Å²) in [5.74, 6) is 1.50. The minimum absolute atomic E-state index is 0.561. The van der Waals surface area contributed by atoms with Gasteiger partial charge in [0.15, 0.2) is 0 Å². The lowest BCUT2D eigenvalue weighted by Gasteiger charge is -2.06. The van der Waals surface area contributed by atoms with Gasteiger partial charge in [-0.25, -0.2) is 4.52 Å². The number of hydrogen-bond donors (Lipinski definition) is 0. The van der Waals surface area contributed by atoms with Crippen molar-refractivity contribution in [2.24, 2.45) is 5.92 Å². The van der Waals surface area contributed by atoms with Gasteiger partial charge in [0.2, 0.25) is 0 Å². The molecule has 0 amide bonds. The lowest BCUT2D eigenvalue weighted by molar-refractivity contribution is 0.298.